The molecule has 0 saturated heterocycles. The Kier molecular flexibility index (Phi) is 4.38. The predicted octanol–water partition coefficient (Wildman–Crippen LogP) is 3.79. The van der Waals surface area contributed by atoms with E-state index in [0.29, 0.717) is 11.8 Å². The molecule has 7 heteroatoms. The molecule has 5 nitrogen and oxygen atoms in total. The number of hydrogen-bond acceptors (Lipinski definition) is 4. The van der Waals surface area contributed by atoms with E-state index < -0.39 is 17.4 Å². The first-order valence-corrected chi connectivity index (χ1v) is 8.84. The Bertz CT molecular complexity index is 783. The molecule has 1 aromatic carbocycles. The number of rotatable bonds is 7. The third-order valence-corrected chi connectivity index (χ3v) is 5.03. The highest BCUT2D eigenvalue weighted by molar-refractivity contribution is 5.92. The molecule has 0 bridgehead atoms. The van der Waals surface area contributed by atoms with Gasteiger partial charge in [0.25, 0.3) is 5.91 Å². The minimum atomic E-state index is -0.794. The number of halogens is 2. The molecule has 0 aliphatic heterocycles. The highest BCUT2D eigenvalue weighted by atomic mass is 19.1. The van der Waals surface area contributed by atoms with E-state index >= 15 is 0 Å². The molecular weight excluding hydrogens is 342 g/mol. The van der Waals surface area contributed by atoms with Crippen molar-refractivity contribution in [3.8, 4) is 5.75 Å². The lowest BCUT2D eigenvalue weighted by Crippen LogP contribution is -2.40. The highest BCUT2D eigenvalue weighted by Gasteiger charge is 2.45. The summed E-state index contributed by atoms with van der Waals surface area (Å²) in [6, 6.07) is 5.21. The monoisotopic (exact) mass is 362 g/mol. The molecule has 0 N–H and O–H groups in total. The van der Waals surface area contributed by atoms with Crippen molar-refractivity contribution < 1.29 is 22.8 Å². The predicted molar refractivity (Wildman–Crippen MR) is 88.5 cm³/mol. The fourth-order valence-electron chi connectivity index (χ4n) is 3.45. The second-order valence-electron chi connectivity index (χ2n) is 7.10. The van der Waals surface area contributed by atoms with E-state index in [2.05, 4.69) is 5.16 Å². The number of nitrogens with zero attached hydrogens (tertiary/aromatic N) is 2. The standard InChI is InChI=1S/C19H20F2N2O3/c1-23(17(11-5-6-11)12-7-8-12)19(24)16-9-13(26-22-16)10-25-18-14(20)3-2-4-15(18)21/h2-4,9,11-12,17H,5-8,10H2,1H3. The molecule has 0 radical (unpaired) electrons. The van der Waals surface area contributed by atoms with Crippen LogP contribution >= 0.6 is 0 Å². The summed E-state index contributed by atoms with van der Waals surface area (Å²) in [5.41, 5.74) is 0.186. The van der Waals surface area contributed by atoms with Gasteiger partial charge in [0.2, 0.25) is 0 Å². The summed E-state index contributed by atoms with van der Waals surface area (Å²) in [7, 11) is 1.81. The zero-order chi connectivity index (χ0) is 18.3. The average molecular weight is 362 g/mol. The van der Waals surface area contributed by atoms with Gasteiger partial charge in [-0.1, -0.05) is 11.2 Å². The number of carbonyl (C=O) groups excluding carboxylic acids is 1. The summed E-state index contributed by atoms with van der Waals surface area (Å²) in [4.78, 5) is 14.5. The molecule has 2 saturated carbocycles. The number of benzene rings is 1. The van der Waals surface area contributed by atoms with Gasteiger partial charge in [0.05, 0.1) is 0 Å². The van der Waals surface area contributed by atoms with Crippen LogP contribution in [-0.2, 0) is 6.61 Å². The van der Waals surface area contributed by atoms with Gasteiger partial charge < -0.3 is 14.2 Å². The number of para-hydroxylation sites is 1. The van der Waals surface area contributed by atoms with Crippen molar-refractivity contribution in [3.05, 3.63) is 47.4 Å². The van der Waals surface area contributed by atoms with Crippen molar-refractivity contribution in [3.63, 3.8) is 0 Å². The van der Waals surface area contributed by atoms with Crippen LogP contribution in [0.1, 0.15) is 41.9 Å². The smallest absolute Gasteiger partial charge is 0.276 e. The van der Waals surface area contributed by atoms with Crippen LogP contribution in [-0.4, -0.2) is 29.1 Å². The van der Waals surface area contributed by atoms with Crippen LogP contribution in [0, 0.1) is 23.5 Å². The van der Waals surface area contributed by atoms with E-state index in [0.717, 1.165) is 12.1 Å². The second kappa shape index (κ2) is 6.70. The van der Waals surface area contributed by atoms with Crippen LogP contribution in [0.2, 0.25) is 0 Å². The summed E-state index contributed by atoms with van der Waals surface area (Å²) in [5.74, 6) is -0.837. The van der Waals surface area contributed by atoms with Gasteiger partial charge in [-0.05, 0) is 49.7 Å². The molecule has 0 unspecified atom stereocenters. The number of ether oxygens (including phenoxy) is 1. The maximum atomic E-state index is 13.6. The molecule has 138 valence electrons. The molecule has 2 aromatic rings. The van der Waals surface area contributed by atoms with E-state index in [1.807, 2.05) is 7.05 Å². The third-order valence-electron chi connectivity index (χ3n) is 5.03. The van der Waals surface area contributed by atoms with Crippen LogP contribution in [0.4, 0.5) is 8.78 Å². The molecule has 2 aliphatic rings. The maximum absolute atomic E-state index is 13.6. The van der Waals surface area contributed by atoms with Gasteiger partial charge in [0, 0.05) is 19.2 Å². The first-order valence-electron chi connectivity index (χ1n) is 8.84. The number of carbonyl (C=O) groups is 1. The molecule has 4 rings (SSSR count). The molecule has 0 spiro atoms. The molecule has 0 atom stereocenters. The molecule has 26 heavy (non-hydrogen) atoms. The summed E-state index contributed by atoms with van der Waals surface area (Å²) < 4.78 is 37.4. The van der Waals surface area contributed by atoms with Crippen LogP contribution in [0.15, 0.2) is 28.8 Å². The van der Waals surface area contributed by atoms with E-state index in [1.165, 1.54) is 37.8 Å². The van der Waals surface area contributed by atoms with Crippen LogP contribution in [0.3, 0.4) is 0 Å². The van der Waals surface area contributed by atoms with Gasteiger partial charge in [-0.25, -0.2) is 8.78 Å². The number of amides is 1. The summed E-state index contributed by atoms with van der Waals surface area (Å²) in [6.45, 7) is -0.212. The molecular formula is C19H20F2N2O3. The van der Waals surface area contributed by atoms with Gasteiger partial charge in [-0.3, -0.25) is 4.79 Å². The summed E-state index contributed by atoms with van der Waals surface area (Å²) in [6.07, 6.45) is 4.69. The Labute approximate surface area is 149 Å². The summed E-state index contributed by atoms with van der Waals surface area (Å²) >= 11 is 0. The fraction of sp³-hybridized carbons (Fsp3) is 0.474. The number of hydrogen-bond donors (Lipinski definition) is 0. The first-order chi connectivity index (χ1) is 12.5. The lowest BCUT2D eigenvalue weighted by molar-refractivity contribution is 0.0679. The van der Waals surface area contributed by atoms with E-state index in [1.54, 1.807) is 4.90 Å². The maximum Gasteiger partial charge on any atom is 0.276 e. The van der Waals surface area contributed by atoms with Crippen LogP contribution < -0.4 is 4.74 Å². The molecule has 2 aliphatic carbocycles. The zero-order valence-electron chi connectivity index (χ0n) is 14.5. The minimum absolute atomic E-state index is 0.186. The van der Waals surface area contributed by atoms with Crippen molar-refractivity contribution in [2.45, 2.75) is 38.3 Å². The fourth-order valence-corrected chi connectivity index (χ4v) is 3.45. The van der Waals surface area contributed by atoms with E-state index in [-0.39, 0.29) is 30.0 Å². The van der Waals surface area contributed by atoms with Gasteiger partial charge >= 0.3 is 0 Å². The molecule has 1 aromatic heterocycles. The second-order valence-corrected chi connectivity index (χ2v) is 7.10. The van der Waals surface area contributed by atoms with Gasteiger partial charge in [0.1, 0.15) is 6.61 Å². The van der Waals surface area contributed by atoms with Crippen molar-refractivity contribution in [2.24, 2.45) is 11.8 Å². The normalized spacial score (nSPS) is 16.8. The SMILES string of the molecule is CN(C(=O)c1cc(COc2c(F)cccc2F)on1)C(C1CC1)C1CC1. The Morgan fingerprint density at radius 1 is 1.27 bits per heavy atom. The highest BCUT2D eigenvalue weighted by Crippen LogP contribution is 2.47. The van der Waals surface area contributed by atoms with Crippen molar-refractivity contribution >= 4 is 5.91 Å². The largest absolute Gasteiger partial charge is 0.479 e. The third kappa shape index (κ3) is 3.43. The van der Waals surface area contributed by atoms with E-state index in [4.69, 9.17) is 9.26 Å². The lowest BCUT2D eigenvalue weighted by atomic mass is 10.1. The van der Waals surface area contributed by atoms with E-state index in [9.17, 15) is 13.6 Å². The van der Waals surface area contributed by atoms with Crippen molar-refractivity contribution in [2.75, 3.05) is 7.05 Å². The Morgan fingerprint density at radius 3 is 2.46 bits per heavy atom. The van der Waals surface area contributed by atoms with Crippen LogP contribution in [0.25, 0.3) is 0 Å². The van der Waals surface area contributed by atoms with Crippen LogP contribution in [0.5, 0.6) is 5.75 Å². The molecule has 1 heterocycles. The lowest BCUT2D eigenvalue weighted by Gasteiger charge is -2.27. The van der Waals surface area contributed by atoms with Crippen molar-refractivity contribution in [1.82, 2.24) is 10.1 Å². The summed E-state index contributed by atoms with van der Waals surface area (Å²) in [5, 5.41) is 3.80. The van der Waals surface area contributed by atoms with Gasteiger partial charge in [0.15, 0.2) is 28.8 Å². The topological polar surface area (TPSA) is 55.6 Å². The van der Waals surface area contributed by atoms with Gasteiger partial charge in [-0.15, -0.1) is 0 Å². The molecule has 1 amide bonds. The minimum Gasteiger partial charge on any atom is -0.479 e. The Morgan fingerprint density at radius 2 is 1.88 bits per heavy atom. The average Bonchev–Trinajstić information content (AvgIpc) is 3.55. The quantitative estimate of drug-likeness (QED) is 0.752. The number of aromatic nitrogens is 1. The Hall–Kier alpha value is -2.44. The van der Waals surface area contributed by atoms with Gasteiger partial charge in [-0.2, -0.15) is 0 Å². The zero-order valence-corrected chi connectivity index (χ0v) is 14.5. The Balaban J connectivity index is 1.41. The molecule has 2 fully saturated rings. The first kappa shape index (κ1) is 17.0. The van der Waals surface area contributed by atoms with Crippen molar-refractivity contribution in [1.29, 1.82) is 0 Å².